The first kappa shape index (κ1) is 17.7. The van der Waals surface area contributed by atoms with Crippen molar-refractivity contribution in [3.05, 3.63) is 65.5 Å². The Bertz CT molecular complexity index is 979. The van der Waals surface area contributed by atoms with Gasteiger partial charge in [0.05, 0.1) is 0 Å². The fraction of sp³-hybridized carbons (Fsp3) is 0.105. The second-order valence-electron chi connectivity index (χ2n) is 5.79. The van der Waals surface area contributed by atoms with Gasteiger partial charge >= 0.3 is 0 Å². The Labute approximate surface area is 157 Å². The van der Waals surface area contributed by atoms with E-state index in [1.807, 2.05) is 49.4 Å². The number of rotatable bonds is 4. The van der Waals surface area contributed by atoms with Crippen LogP contribution >= 0.6 is 12.4 Å². The molecule has 0 bridgehead atoms. The van der Waals surface area contributed by atoms with E-state index >= 15 is 0 Å². The molecule has 0 fully saturated rings. The second kappa shape index (κ2) is 7.41. The number of anilines is 1. The van der Waals surface area contributed by atoms with E-state index < -0.39 is 0 Å². The summed E-state index contributed by atoms with van der Waals surface area (Å²) in [6.07, 6.45) is 3.48. The molecular weight excluding hydrogens is 350 g/mol. The Morgan fingerprint density at radius 2 is 1.96 bits per heavy atom. The molecule has 0 amide bonds. The van der Waals surface area contributed by atoms with Crippen LogP contribution in [0, 0.1) is 0 Å². The molecule has 0 saturated carbocycles. The standard InChI is InChI=1S/C19H17N5O.ClH/c1-12(15-11-21-17-14(15)8-5-9-20-17)16-18(25)24-19(23-16)22-10-13-6-3-2-4-7-13;/h2-9,11,25H,10H2,1H3,(H2,22,23,24);1H/b15-12+;. The number of aliphatic imine (C=N–C) groups is 1. The first-order valence-electron chi connectivity index (χ1n) is 8.00. The maximum atomic E-state index is 10.2. The number of fused-ring (bicyclic) bond motifs is 1. The first-order chi connectivity index (χ1) is 12.2. The lowest BCUT2D eigenvalue weighted by Crippen LogP contribution is -2.00. The molecule has 0 aliphatic carbocycles. The number of hydrogen-bond acceptors (Lipinski definition) is 5. The van der Waals surface area contributed by atoms with Crippen molar-refractivity contribution >= 4 is 41.5 Å². The average Bonchev–Trinajstić information content (AvgIpc) is 3.24. The molecule has 4 rings (SSSR count). The summed E-state index contributed by atoms with van der Waals surface area (Å²) in [6.45, 7) is 2.55. The van der Waals surface area contributed by atoms with Crippen LogP contribution in [0.2, 0.25) is 0 Å². The number of aromatic amines is 1. The molecule has 0 saturated heterocycles. The van der Waals surface area contributed by atoms with Crippen LogP contribution < -0.4 is 5.32 Å². The number of pyridine rings is 1. The summed E-state index contributed by atoms with van der Waals surface area (Å²) < 4.78 is 0. The van der Waals surface area contributed by atoms with Crippen LogP contribution in [-0.4, -0.2) is 26.3 Å². The SMILES string of the molecule is C/C(=C1/C=Nc2ncccc21)c1[nH]c(NCc2ccccc2)nc1O.Cl. The zero-order valence-electron chi connectivity index (χ0n) is 14.1. The lowest BCUT2D eigenvalue weighted by Gasteiger charge is -2.05. The summed E-state index contributed by atoms with van der Waals surface area (Å²) in [4.78, 5) is 15.9. The summed E-state index contributed by atoms with van der Waals surface area (Å²) in [5, 5.41) is 13.4. The summed E-state index contributed by atoms with van der Waals surface area (Å²) >= 11 is 0. The maximum Gasteiger partial charge on any atom is 0.238 e. The van der Waals surface area contributed by atoms with Gasteiger partial charge in [0.25, 0.3) is 0 Å². The minimum Gasteiger partial charge on any atom is -0.492 e. The third kappa shape index (κ3) is 3.32. The first-order valence-corrected chi connectivity index (χ1v) is 8.00. The largest absolute Gasteiger partial charge is 0.492 e. The second-order valence-corrected chi connectivity index (χ2v) is 5.79. The van der Waals surface area contributed by atoms with Gasteiger partial charge in [-0.1, -0.05) is 30.3 Å². The van der Waals surface area contributed by atoms with Crippen molar-refractivity contribution < 1.29 is 5.11 Å². The van der Waals surface area contributed by atoms with Crippen LogP contribution in [0.5, 0.6) is 5.88 Å². The van der Waals surface area contributed by atoms with E-state index in [0.29, 0.717) is 24.0 Å². The number of nitrogens with zero attached hydrogens (tertiary/aromatic N) is 3. The zero-order valence-corrected chi connectivity index (χ0v) is 14.9. The highest BCUT2D eigenvalue weighted by Gasteiger charge is 2.19. The van der Waals surface area contributed by atoms with Gasteiger partial charge in [-0.15, -0.1) is 12.4 Å². The highest BCUT2D eigenvalue weighted by Crippen LogP contribution is 2.36. The summed E-state index contributed by atoms with van der Waals surface area (Å²) in [6, 6.07) is 13.9. The number of H-pyrrole nitrogens is 1. The fourth-order valence-corrected chi connectivity index (χ4v) is 2.83. The highest BCUT2D eigenvalue weighted by atomic mass is 35.5. The summed E-state index contributed by atoms with van der Waals surface area (Å²) in [7, 11) is 0. The number of allylic oxidation sites excluding steroid dienone is 2. The van der Waals surface area contributed by atoms with E-state index in [-0.39, 0.29) is 18.3 Å². The Kier molecular flexibility index (Phi) is 5.04. The Balaban J connectivity index is 0.00000196. The molecule has 3 aromatic rings. The van der Waals surface area contributed by atoms with Crippen LogP contribution in [0.15, 0.2) is 53.7 Å². The van der Waals surface area contributed by atoms with Gasteiger partial charge in [0.1, 0.15) is 5.69 Å². The topological polar surface area (TPSA) is 86.2 Å². The summed E-state index contributed by atoms with van der Waals surface area (Å²) in [5.74, 6) is 1.18. The third-order valence-electron chi connectivity index (χ3n) is 4.16. The van der Waals surface area contributed by atoms with E-state index in [9.17, 15) is 5.11 Å². The number of halogens is 1. The van der Waals surface area contributed by atoms with Crippen LogP contribution in [0.3, 0.4) is 0 Å². The predicted octanol–water partition coefficient (Wildman–Crippen LogP) is 4.19. The Morgan fingerprint density at radius 3 is 2.77 bits per heavy atom. The van der Waals surface area contributed by atoms with E-state index in [4.69, 9.17) is 0 Å². The fourth-order valence-electron chi connectivity index (χ4n) is 2.83. The number of benzene rings is 1. The van der Waals surface area contributed by atoms with Crippen LogP contribution in [0.25, 0.3) is 11.1 Å². The minimum atomic E-state index is -0.0358. The molecule has 1 aliphatic heterocycles. The number of aromatic hydroxyl groups is 1. The Morgan fingerprint density at radius 1 is 1.15 bits per heavy atom. The van der Waals surface area contributed by atoms with E-state index in [1.54, 1.807) is 12.4 Å². The van der Waals surface area contributed by atoms with Gasteiger partial charge in [-0.25, -0.2) is 9.98 Å². The van der Waals surface area contributed by atoms with Crippen molar-refractivity contribution in [2.45, 2.75) is 13.5 Å². The number of nitrogens with one attached hydrogen (secondary N) is 2. The van der Waals surface area contributed by atoms with Crippen LogP contribution in [-0.2, 0) is 6.54 Å². The highest BCUT2D eigenvalue weighted by molar-refractivity contribution is 6.23. The monoisotopic (exact) mass is 367 g/mol. The van der Waals surface area contributed by atoms with Crippen LogP contribution in [0.4, 0.5) is 11.8 Å². The van der Waals surface area contributed by atoms with Crippen molar-refractivity contribution in [3.63, 3.8) is 0 Å². The van der Waals surface area contributed by atoms with E-state index in [1.165, 1.54) is 0 Å². The quantitative estimate of drug-likeness (QED) is 0.645. The molecular formula is C19H18ClN5O. The van der Waals surface area contributed by atoms with Gasteiger partial charge < -0.3 is 15.4 Å². The average molecular weight is 368 g/mol. The molecule has 0 atom stereocenters. The van der Waals surface area contributed by atoms with E-state index in [2.05, 4.69) is 25.3 Å². The third-order valence-corrected chi connectivity index (χ3v) is 4.16. The predicted molar refractivity (Wildman–Crippen MR) is 106 cm³/mol. The number of aromatic nitrogens is 3. The van der Waals surface area contributed by atoms with Crippen molar-refractivity contribution in [3.8, 4) is 5.88 Å². The molecule has 2 aromatic heterocycles. The number of hydrogen-bond donors (Lipinski definition) is 3. The maximum absolute atomic E-state index is 10.2. The molecule has 3 N–H and O–H groups in total. The van der Waals surface area contributed by atoms with Gasteiger partial charge in [0.2, 0.25) is 11.8 Å². The van der Waals surface area contributed by atoms with Gasteiger partial charge in [0.15, 0.2) is 5.82 Å². The molecule has 3 heterocycles. The van der Waals surface area contributed by atoms with Gasteiger partial charge in [-0.3, -0.25) is 0 Å². The van der Waals surface area contributed by atoms with Gasteiger partial charge in [0, 0.05) is 30.1 Å². The lowest BCUT2D eigenvalue weighted by molar-refractivity contribution is 0.455. The molecule has 0 unspecified atom stereocenters. The minimum absolute atomic E-state index is 0. The summed E-state index contributed by atoms with van der Waals surface area (Å²) in [5.41, 5.74) is 4.46. The molecule has 0 radical (unpaired) electrons. The molecule has 132 valence electrons. The van der Waals surface area contributed by atoms with Crippen molar-refractivity contribution in [2.24, 2.45) is 4.99 Å². The van der Waals surface area contributed by atoms with Gasteiger partial charge in [-0.05, 0) is 30.2 Å². The molecule has 1 aromatic carbocycles. The van der Waals surface area contributed by atoms with Crippen LogP contribution in [0.1, 0.15) is 23.7 Å². The Hall–Kier alpha value is -3.12. The molecule has 6 nitrogen and oxygen atoms in total. The normalized spacial score (nSPS) is 13.9. The van der Waals surface area contributed by atoms with Crippen molar-refractivity contribution in [2.75, 3.05) is 5.32 Å². The van der Waals surface area contributed by atoms with Crippen molar-refractivity contribution in [1.29, 1.82) is 0 Å². The zero-order chi connectivity index (χ0) is 17.2. The molecule has 26 heavy (non-hydrogen) atoms. The van der Waals surface area contributed by atoms with E-state index in [0.717, 1.165) is 22.3 Å². The lowest BCUT2D eigenvalue weighted by atomic mass is 10.0. The molecule has 1 aliphatic rings. The van der Waals surface area contributed by atoms with Crippen molar-refractivity contribution in [1.82, 2.24) is 15.0 Å². The smallest absolute Gasteiger partial charge is 0.238 e. The molecule has 0 spiro atoms. The molecule has 7 heteroatoms. The van der Waals surface area contributed by atoms with Gasteiger partial charge in [-0.2, -0.15) is 4.98 Å². The number of imidazole rings is 1.